The van der Waals surface area contributed by atoms with Crippen LogP contribution in [-0.2, 0) is 4.79 Å². The zero-order valence-corrected chi connectivity index (χ0v) is 12.5. The number of hydrogen-bond acceptors (Lipinski definition) is 4. The summed E-state index contributed by atoms with van der Waals surface area (Å²) < 4.78 is 0.314. The number of thioether (sulfide) groups is 1. The van der Waals surface area contributed by atoms with Crippen molar-refractivity contribution >= 4 is 17.7 Å². The summed E-state index contributed by atoms with van der Waals surface area (Å²) in [7, 11) is 0. The maximum Gasteiger partial charge on any atom is 0.306 e. The van der Waals surface area contributed by atoms with Gasteiger partial charge in [0.2, 0.25) is 0 Å². The summed E-state index contributed by atoms with van der Waals surface area (Å²) in [4.78, 5) is 10.9. The molecule has 0 radical (unpaired) electrons. The maximum atomic E-state index is 10.9. The second-order valence-electron chi connectivity index (χ2n) is 6.34. The van der Waals surface area contributed by atoms with E-state index in [2.05, 4.69) is 12.2 Å². The van der Waals surface area contributed by atoms with Crippen LogP contribution in [0.1, 0.15) is 45.4 Å². The molecule has 0 amide bonds. The van der Waals surface area contributed by atoms with Gasteiger partial charge < -0.3 is 15.5 Å². The van der Waals surface area contributed by atoms with Gasteiger partial charge in [0.1, 0.15) is 0 Å². The molecule has 19 heavy (non-hydrogen) atoms. The number of carboxylic acids is 1. The molecule has 4 nitrogen and oxygen atoms in total. The molecule has 0 aromatic carbocycles. The van der Waals surface area contributed by atoms with Crippen molar-refractivity contribution in [2.75, 3.05) is 18.8 Å². The number of nitrogens with one attached hydrogen (secondary N) is 1. The van der Waals surface area contributed by atoms with Crippen molar-refractivity contribution in [3.63, 3.8) is 0 Å². The van der Waals surface area contributed by atoms with E-state index in [9.17, 15) is 9.90 Å². The largest absolute Gasteiger partial charge is 0.481 e. The number of rotatable bonds is 5. The van der Waals surface area contributed by atoms with Crippen LogP contribution in [0.2, 0.25) is 0 Å². The van der Waals surface area contributed by atoms with E-state index in [0.29, 0.717) is 37.0 Å². The van der Waals surface area contributed by atoms with Crippen molar-refractivity contribution in [3.05, 3.63) is 0 Å². The van der Waals surface area contributed by atoms with E-state index in [-0.39, 0.29) is 5.92 Å². The summed E-state index contributed by atoms with van der Waals surface area (Å²) in [5, 5.41) is 22.8. The summed E-state index contributed by atoms with van der Waals surface area (Å²) in [6.07, 6.45) is 4.91. The number of carboxylic acid groups (broad SMARTS) is 1. The molecule has 3 N–H and O–H groups in total. The van der Waals surface area contributed by atoms with Gasteiger partial charge in [-0.3, -0.25) is 4.79 Å². The number of aliphatic carboxylic acids is 1. The van der Waals surface area contributed by atoms with Crippen LogP contribution in [0, 0.1) is 5.92 Å². The van der Waals surface area contributed by atoms with Crippen molar-refractivity contribution in [1.82, 2.24) is 5.32 Å². The van der Waals surface area contributed by atoms with Crippen LogP contribution in [0.5, 0.6) is 0 Å². The first kappa shape index (κ1) is 15.1. The average Bonchev–Trinajstić information content (AvgIpc) is 2.76. The van der Waals surface area contributed by atoms with Gasteiger partial charge in [0.15, 0.2) is 0 Å². The smallest absolute Gasteiger partial charge is 0.306 e. The van der Waals surface area contributed by atoms with Gasteiger partial charge in [-0.1, -0.05) is 0 Å². The van der Waals surface area contributed by atoms with Crippen molar-refractivity contribution in [2.45, 2.75) is 55.8 Å². The van der Waals surface area contributed by atoms with Gasteiger partial charge in [-0.05, 0) is 51.2 Å². The lowest BCUT2D eigenvalue weighted by atomic mass is 9.79. The van der Waals surface area contributed by atoms with E-state index in [1.54, 1.807) is 0 Å². The minimum absolute atomic E-state index is 0.261. The van der Waals surface area contributed by atoms with Gasteiger partial charge in [0.25, 0.3) is 0 Å². The molecule has 1 atom stereocenters. The van der Waals surface area contributed by atoms with Crippen molar-refractivity contribution in [3.8, 4) is 0 Å². The highest BCUT2D eigenvalue weighted by molar-refractivity contribution is 8.00. The SMILES string of the molecule is CC1(CNCC2(O)CCC(C(=O)O)CC2)CCCS1. The lowest BCUT2D eigenvalue weighted by Gasteiger charge is -2.36. The predicted molar refractivity (Wildman–Crippen MR) is 77.5 cm³/mol. The summed E-state index contributed by atoms with van der Waals surface area (Å²) in [5.41, 5.74) is -0.703. The van der Waals surface area contributed by atoms with Gasteiger partial charge in [0, 0.05) is 17.8 Å². The first-order chi connectivity index (χ1) is 8.93. The van der Waals surface area contributed by atoms with Gasteiger partial charge in [0.05, 0.1) is 11.5 Å². The van der Waals surface area contributed by atoms with Crippen LogP contribution >= 0.6 is 11.8 Å². The second-order valence-corrected chi connectivity index (χ2v) is 8.02. The van der Waals surface area contributed by atoms with Crippen molar-refractivity contribution < 1.29 is 15.0 Å². The Balaban J connectivity index is 1.72. The van der Waals surface area contributed by atoms with E-state index in [1.807, 2.05) is 11.8 Å². The molecule has 5 heteroatoms. The molecule has 0 spiro atoms. The summed E-state index contributed by atoms with van der Waals surface area (Å²) in [6.45, 7) is 3.81. The van der Waals surface area contributed by atoms with E-state index >= 15 is 0 Å². The lowest BCUT2D eigenvalue weighted by Crippen LogP contribution is -2.47. The zero-order chi connectivity index (χ0) is 13.9. The zero-order valence-electron chi connectivity index (χ0n) is 11.7. The minimum Gasteiger partial charge on any atom is -0.481 e. The van der Waals surface area contributed by atoms with Gasteiger partial charge in [-0.15, -0.1) is 0 Å². The van der Waals surface area contributed by atoms with Crippen molar-refractivity contribution in [1.29, 1.82) is 0 Å². The number of hydrogen-bond donors (Lipinski definition) is 3. The normalized spacial score (nSPS) is 39.4. The fourth-order valence-corrected chi connectivity index (χ4v) is 4.39. The van der Waals surface area contributed by atoms with Gasteiger partial charge in [-0.25, -0.2) is 0 Å². The molecule has 110 valence electrons. The monoisotopic (exact) mass is 287 g/mol. The molecule has 1 aliphatic heterocycles. The Hall–Kier alpha value is -0.260. The van der Waals surface area contributed by atoms with Crippen molar-refractivity contribution in [2.24, 2.45) is 5.92 Å². The molecule has 1 saturated carbocycles. The summed E-state index contributed by atoms with van der Waals surface area (Å²) >= 11 is 2.01. The van der Waals surface area contributed by atoms with Gasteiger partial charge >= 0.3 is 5.97 Å². The average molecular weight is 287 g/mol. The fourth-order valence-electron chi connectivity index (χ4n) is 3.11. The Morgan fingerprint density at radius 1 is 1.32 bits per heavy atom. The Morgan fingerprint density at radius 2 is 2.00 bits per heavy atom. The molecule has 0 aromatic heterocycles. The molecule has 2 rings (SSSR count). The fraction of sp³-hybridized carbons (Fsp3) is 0.929. The molecule has 2 fully saturated rings. The first-order valence-corrected chi connectivity index (χ1v) is 8.21. The van der Waals surface area contributed by atoms with E-state index in [1.165, 1.54) is 18.6 Å². The predicted octanol–water partition coefficient (Wildman–Crippen LogP) is 1.87. The molecule has 0 aromatic rings. The highest BCUT2D eigenvalue weighted by Crippen LogP contribution is 2.37. The Bertz CT molecular complexity index is 321. The Labute approximate surface area is 119 Å². The molecule has 1 saturated heterocycles. The third-order valence-corrected chi connectivity index (χ3v) is 6.06. The molecule has 1 unspecified atom stereocenters. The quantitative estimate of drug-likeness (QED) is 0.720. The van der Waals surface area contributed by atoms with Crippen LogP contribution in [0.15, 0.2) is 0 Å². The molecule has 2 aliphatic rings. The van der Waals surface area contributed by atoms with E-state index < -0.39 is 11.6 Å². The van der Waals surface area contributed by atoms with Crippen LogP contribution in [-0.4, -0.2) is 45.4 Å². The third kappa shape index (κ3) is 4.10. The molecule has 1 aliphatic carbocycles. The van der Waals surface area contributed by atoms with Crippen LogP contribution in [0.4, 0.5) is 0 Å². The first-order valence-electron chi connectivity index (χ1n) is 7.22. The van der Waals surface area contributed by atoms with E-state index in [4.69, 9.17) is 5.11 Å². The number of aliphatic hydroxyl groups is 1. The maximum absolute atomic E-state index is 10.9. The van der Waals surface area contributed by atoms with E-state index in [0.717, 1.165) is 6.54 Å². The Kier molecular flexibility index (Phi) is 4.79. The molecule has 1 heterocycles. The summed E-state index contributed by atoms with van der Waals surface area (Å²) in [5.74, 6) is 0.260. The van der Waals surface area contributed by atoms with Crippen LogP contribution < -0.4 is 5.32 Å². The van der Waals surface area contributed by atoms with Gasteiger partial charge in [-0.2, -0.15) is 11.8 Å². The molecular weight excluding hydrogens is 262 g/mol. The Morgan fingerprint density at radius 3 is 2.53 bits per heavy atom. The summed E-state index contributed by atoms with van der Waals surface area (Å²) in [6, 6.07) is 0. The second kappa shape index (κ2) is 6.02. The highest BCUT2D eigenvalue weighted by atomic mass is 32.2. The van der Waals surface area contributed by atoms with Crippen LogP contribution in [0.3, 0.4) is 0 Å². The molecular formula is C14H25NO3S. The molecule has 0 bridgehead atoms. The number of carbonyl (C=O) groups is 1. The topological polar surface area (TPSA) is 69.6 Å². The standard InChI is InChI=1S/C14H25NO3S/c1-13(5-2-8-19-13)9-15-10-14(18)6-3-11(4-7-14)12(16)17/h11,15,18H,2-10H2,1H3,(H,16,17). The lowest BCUT2D eigenvalue weighted by molar-refractivity contribution is -0.144. The minimum atomic E-state index is -0.718. The highest BCUT2D eigenvalue weighted by Gasteiger charge is 2.36. The van der Waals surface area contributed by atoms with Crippen LogP contribution in [0.25, 0.3) is 0 Å². The third-order valence-electron chi connectivity index (χ3n) is 4.52.